The van der Waals surface area contributed by atoms with Gasteiger partial charge in [0.25, 0.3) is 5.91 Å². The monoisotopic (exact) mass is 1230 g/mol. The molecule has 6 aromatic rings. The van der Waals surface area contributed by atoms with Gasteiger partial charge in [0, 0.05) is 96.5 Å². The molecule has 3 atom stereocenters. The molecular weight excluding hydrogens is 1170 g/mol. The molecule has 1 aliphatic heterocycles. The molecule has 1 radical (unpaired) electrons. The Bertz CT molecular complexity index is 2640. The molecule has 1 saturated heterocycles. The summed E-state index contributed by atoms with van der Waals surface area (Å²) in [6.45, 7) is 8.35. The van der Waals surface area contributed by atoms with Gasteiger partial charge in [0.2, 0.25) is 11.8 Å². The summed E-state index contributed by atoms with van der Waals surface area (Å²) in [5.41, 5.74) is 24.3. The van der Waals surface area contributed by atoms with Crippen molar-refractivity contribution in [3.8, 4) is 22.3 Å². The first-order valence-electron chi connectivity index (χ1n) is 24.4. The first-order chi connectivity index (χ1) is 34.4. The fraction of sp³-hybridized carbons (Fsp3) is 0.333. The summed E-state index contributed by atoms with van der Waals surface area (Å²) in [5, 5.41) is 25.9. The van der Waals surface area contributed by atoms with E-state index in [1.54, 1.807) is 38.1 Å². The van der Waals surface area contributed by atoms with E-state index in [2.05, 4.69) is 82.1 Å². The number of hydrogen-bond donors (Lipinski definition) is 4. The molecule has 4 bridgehead atoms. The number of aliphatic hydroxyl groups is 2. The molecule has 16 heteroatoms. The molecule has 6 N–H and O–H groups in total. The largest absolute Gasteiger partial charge is 0.678 e. The molecule has 14 nitrogen and oxygen atoms in total. The van der Waals surface area contributed by atoms with Gasteiger partial charge in [0.15, 0.2) is 12.4 Å². The number of aryl methyl sites for hydroxylation is 4. The van der Waals surface area contributed by atoms with Gasteiger partial charge < -0.3 is 42.0 Å². The predicted octanol–water partition coefficient (Wildman–Crippen LogP) is 9.67. The zero-order valence-corrected chi connectivity index (χ0v) is 48.1. The van der Waals surface area contributed by atoms with E-state index in [1.807, 2.05) is 42.3 Å². The Morgan fingerprint density at radius 2 is 1.22 bits per heavy atom. The number of aliphatic hydroxyl groups excluding tert-OH is 2. The minimum atomic E-state index is -1.34. The maximum atomic E-state index is 13.6. The van der Waals surface area contributed by atoms with Crippen LogP contribution in [0.5, 0.6) is 0 Å². The van der Waals surface area contributed by atoms with Crippen molar-refractivity contribution < 1.29 is 83.2 Å². The van der Waals surface area contributed by atoms with Gasteiger partial charge in [0.1, 0.15) is 12.1 Å². The van der Waals surface area contributed by atoms with Crippen LogP contribution in [0, 0.1) is 0 Å². The van der Waals surface area contributed by atoms with Gasteiger partial charge in [-0.2, -0.15) is 13.1 Å². The number of carbonyl (C=O) groups excluding carboxylic acids is 4. The second-order valence-corrected chi connectivity index (χ2v) is 17.4. The van der Waals surface area contributed by atoms with Crippen LogP contribution in [-0.4, -0.2) is 99.8 Å². The number of nitrogens with one attached hydrogen (secondary N) is 4. The van der Waals surface area contributed by atoms with Crippen molar-refractivity contribution in [1.29, 1.82) is 0 Å². The van der Waals surface area contributed by atoms with Crippen molar-refractivity contribution in [2.45, 2.75) is 84.0 Å². The Kier molecular flexibility index (Phi) is 28.0. The van der Waals surface area contributed by atoms with Crippen LogP contribution in [-0.2, 0) is 98.6 Å². The Hall–Kier alpha value is -5.15. The summed E-state index contributed by atoms with van der Waals surface area (Å²) in [5.74, 6) is -0.744. The Morgan fingerprint density at radius 1 is 0.726 bits per heavy atom. The molecule has 383 valence electrons. The van der Waals surface area contributed by atoms with Gasteiger partial charge in [-0.05, 0) is 163 Å². The van der Waals surface area contributed by atoms with Crippen LogP contribution in [0.25, 0.3) is 33.7 Å². The van der Waals surface area contributed by atoms with Gasteiger partial charge in [-0.25, -0.2) is 0 Å². The number of aromatic nitrogens is 2. The van der Waals surface area contributed by atoms with Crippen molar-refractivity contribution >= 4 is 35.4 Å². The first-order valence-corrected chi connectivity index (χ1v) is 24.4. The zero-order chi connectivity index (χ0) is 51.1. The van der Waals surface area contributed by atoms with Crippen molar-refractivity contribution in [2.24, 2.45) is 0 Å². The maximum Gasteiger partial charge on any atom is 0.256 e. The second-order valence-electron chi connectivity index (χ2n) is 17.4. The number of nitrogens with zero attached hydrogens (tertiary/aromatic N) is 4. The van der Waals surface area contributed by atoms with E-state index in [0.717, 1.165) is 61.0 Å². The van der Waals surface area contributed by atoms with E-state index in [-0.39, 0.29) is 65.6 Å². The SMILES string of the molecule is CCCN(C)CC(=O)Nc1cccc(-c2cc3ccc2CCc2ccc(c(-c4cccc(NC(=O)[C@@H]5CCCN5C(=O)[C@@H](O)c5ccncc5)c4)c2)CC3)c1.CC[NH-].CC[NH-].O=C[C@@H](O)c1ccncc1.[W].[Y]. The topological polar surface area (TPSA) is 213 Å². The quantitative estimate of drug-likeness (QED) is 0.0810. The van der Waals surface area contributed by atoms with E-state index in [9.17, 15) is 24.3 Å². The van der Waals surface area contributed by atoms with Gasteiger partial charge in [0.05, 0.1) is 6.54 Å². The molecule has 3 heterocycles. The third-order valence-corrected chi connectivity index (χ3v) is 11.9. The molecule has 1 fully saturated rings. The minimum Gasteiger partial charge on any atom is -0.678 e. The Morgan fingerprint density at radius 3 is 1.71 bits per heavy atom. The number of anilines is 2. The van der Waals surface area contributed by atoms with Crippen LogP contribution < -0.4 is 10.6 Å². The summed E-state index contributed by atoms with van der Waals surface area (Å²) < 4.78 is 0. The van der Waals surface area contributed by atoms with E-state index < -0.39 is 24.2 Å². The molecule has 2 aromatic heterocycles. The average Bonchev–Trinajstić information content (AvgIpc) is 3.88. The van der Waals surface area contributed by atoms with Crippen LogP contribution in [0.4, 0.5) is 11.4 Å². The number of hydrogen-bond acceptors (Lipinski definition) is 9. The number of rotatable bonds is 13. The van der Waals surface area contributed by atoms with Gasteiger partial charge in [-0.15, -0.1) is 0 Å². The molecule has 3 amide bonds. The Labute approximate surface area is 470 Å². The van der Waals surface area contributed by atoms with Gasteiger partial charge in [-0.3, -0.25) is 29.3 Å². The maximum absolute atomic E-state index is 13.6. The van der Waals surface area contributed by atoms with Crippen LogP contribution in [0.1, 0.15) is 85.6 Å². The number of pyridine rings is 2. The predicted molar refractivity (Wildman–Crippen MR) is 283 cm³/mol. The first kappa shape index (κ1) is 62.1. The molecule has 0 saturated carbocycles. The summed E-state index contributed by atoms with van der Waals surface area (Å²) in [7, 11) is 1.97. The fourth-order valence-corrected chi connectivity index (χ4v) is 8.54. The van der Waals surface area contributed by atoms with Crippen molar-refractivity contribution in [1.82, 2.24) is 19.8 Å². The van der Waals surface area contributed by atoms with Gasteiger partial charge >= 0.3 is 0 Å². The molecule has 4 aliphatic carbocycles. The second kappa shape index (κ2) is 32.9. The van der Waals surface area contributed by atoms with Gasteiger partial charge in [-0.1, -0.05) is 81.4 Å². The number of benzene rings is 4. The van der Waals surface area contributed by atoms with Crippen LogP contribution >= 0.6 is 0 Å². The van der Waals surface area contributed by atoms with E-state index in [1.165, 1.54) is 57.5 Å². The third kappa shape index (κ3) is 18.9. The van der Waals surface area contributed by atoms with E-state index in [0.29, 0.717) is 62.1 Å². The van der Waals surface area contributed by atoms with Crippen LogP contribution in [0.15, 0.2) is 134 Å². The van der Waals surface area contributed by atoms with Crippen LogP contribution in [0.2, 0.25) is 0 Å². The van der Waals surface area contributed by atoms with Crippen LogP contribution in [0.3, 0.4) is 0 Å². The molecule has 5 aliphatic rings. The number of likely N-dealkylation sites (N-methyl/N-ethyl adjacent to an activating group) is 1. The fourth-order valence-electron chi connectivity index (χ4n) is 8.54. The molecule has 73 heavy (non-hydrogen) atoms. The van der Waals surface area contributed by atoms with E-state index >= 15 is 0 Å². The molecular formula is C57H68N8O6WY-2. The summed E-state index contributed by atoms with van der Waals surface area (Å²) in [6, 6.07) is 35.4. The third-order valence-electron chi connectivity index (χ3n) is 11.9. The normalized spacial score (nSPS) is 14.0. The summed E-state index contributed by atoms with van der Waals surface area (Å²) in [6.07, 6.45) is 9.89. The Balaban J connectivity index is 0.000000676. The number of carbonyl (C=O) groups is 4. The van der Waals surface area contributed by atoms with Crippen molar-refractivity contribution in [3.63, 3.8) is 0 Å². The van der Waals surface area contributed by atoms with Crippen molar-refractivity contribution in [3.05, 3.63) is 179 Å². The number of likely N-dealkylation sites (tertiary alicyclic amines) is 1. The minimum absolute atomic E-state index is 0. The molecule has 0 spiro atoms. The molecule has 4 aromatic carbocycles. The van der Waals surface area contributed by atoms with Crippen molar-refractivity contribution in [2.75, 3.05) is 50.4 Å². The zero-order valence-electron chi connectivity index (χ0n) is 42.3. The summed E-state index contributed by atoms with van der Waals surface area (Å²) >= 11 is 0. The smallest absolute Gasteiger partial charge is 0.256 e. The number of aldehydes is 1. The molecule has 0 unspecified atom stereocenters. The number of amides is 3. The standard InChI is InChI=1S/C46H49N5O4.C7H7NO2.2C2H6N.W.Y/c1-3-24-50(2)30-43(52)48-38-9-4-7-36(28-38)40-26-31-12-16-33(40)17-13-32-15-19-34(18-14-31)41(27-32)37-8-5-10-39(29-37)49-45(54)42-11-6-25-51(42)46(55)44(53)35-20-22-47-23-21-35;9-5-7(10)6-1-3-8-4-2-6;2*1-2-3;;/h4-5,7-10,12,15-16,19-23,26-29,42,44,53H,3,6,11,13-14,17-18,24-25,30H2,1-2H3,(H,48,52)(H,49,54);1-5,7,10H;2*3H,2H2,1H3;;/q;;2*-1;;/t42-,44-;7-;;;;/m01..../s1. The molecule has 11 rings (SSSR count). The summed E-state index contributed by atoms with van der Waals surface area (Å²) in [4.78, 5) is 60.9. The van der Waals surface area contributed by atoms with E-state index in [4.69, 9.17) is 16.6 Å². The average molecular weight is 1230 g/mol.